The molecule has 21 heavy (non-hydrogen) atoms. The molecule has 2 aromatic heterocycles. The smallest absolute Gasteiger partial charge is 0.343 e. The highest BCUT2D eigenvalue weighted by Gasteiger charge is 2.10. The number of oxazole rings is 1. The van der Waals surface area contributed by atoms with Crippen LogP contribution in [0.1, 0.15) is 5.89 Å². The first-order valence-electron chi connectivity index (χ1n) is 6.08. The minimum Gasteiger partial charge on any atom is -0.440 e. The summed E-state index contributed by atoms with van der Waals surface area (Å²) >= 11 is 1.34. The highest BCUT2D eigenvalue weighted by molar-refractivity contribution is 7.98. The van der Waals surface area contributed by atoms with E-state index in [9.17, 15) is 9.18 Å². The molecule has 0 spiro atoms. The van der Waals surface area contributed by atoms with Crippen molar-refractivity contribution in [3.05, 3.63) is 52.7 Å². The summed E-state index contributed by atoms with van der Waals surface area (Å²) in [6, 6.07) is 5.99. The van der Waals surface area contributed by atoms with Crippen molar-refractivity contribution in [2.75, 3.05) is 0 Å². The summed E-state index contributed by atoms with van der Waals surface area (Å²) in [5, 5.41) is 6.80. The zero-order chi connectivity index (χ0) is 14.8. The summed E-state index contributed by atoms with van der Waals surface area (Å²) in [6.45, 7) is 0. The minimum absolute atomic E-state index is 0.267. The van der Waals surface area contributed by atoms with Crippen LogP contribution in [-0.2, 0) is 12.8 Å². The van der Waals surface area contributed by atoms with E-state index in [1.54, 1.807) is 25.4 Å². The van der Waals surface area contributed by atoms with Crippen LogP contribution in [0.2, 0.25) is 0 Å². The molecule has 3 aromatic rings. The van der Waals surface area contributed by atoms with Gasteiger partial charge >= 0.3 is 5.69 Å². The Bertz CT molecular complexity index is 806. The topological polar surface area (TPSA) is 76.7 Å². The molecule has 0 fully saturated rings. The maximum Gasteiger partial charge on any atom is 0.343 e. The fourth-order valence-electron chi connectivity index (χ4n) is 1.71. The molecule has 0 saturated carbocycles. The summed E-state index contributed by atoms with van der Waals surface area (Å²) in [7, 11) is 1.63. The maximum atomic E-state index is 12.9. The Balaban J connectivity index is 1.72. The van der Waals surface area contributed by atoms with Gasteiger partial charge in [0.25, 0.3) is 0 Å². The lowest BCUT2D eigenvalue weighted by Gasteiger charge is -1.97. The second-order valence-corrected chi connectivity index (χ2v) is 5.23. The van der Waals surface area contributed by atoms with Crippen molar-refractivity contribution in [1.29, 1.82) is 0 Å². The number of thioether (sulfide) groups is 1. The minimum atomic E-state index is -0.298. The third-order valence-electron chi connectivity index (χ3n) is 2.85. The molecule has 1 N–H and O–H groups in total. The van der Waals surface area contributed by atoms with Crippen LogP contribution in [0.5, 0.6) is 0 Å². The van der Waals surface area contributed by atoms with Crippen molar-refractivity contribution < 1.29 is 8.81 Å². The van der Waals surface area contributed by atoms with Crippen molar-refractivity contribution >= 4 is 11.8 Å². The summed E-state index contributed by atoms with van der Waals surface area (Å²) in [5.74, 6) is 1.23. The Labute approximate surface area is 123 Å². The predicted molar refractivity (Wildman–Crippen MR) is 75.3 cm³/mol. The molecule has 2 heterocycles. The SMILES string of the molecule is Cn1c(SCc2ncc(-c3ccc(F)cc3)o2)n[nH]c1=O. The lowest BCUT2D eigenvalue weighted by molar-refractivity contribution is 0.529. The number of hydrogen-bond donors (Lipinski definition) is 1. The second kappa shape index (κ2) is 5.57. The monoisotopic (exact) mass is 306 g/mol. The van der Waals surface area contributed by atoms with Gasteiger partial charge in [-0.1, -0.05) is 11.8 Å². The molecule has 6 nitrogen and oxygen atoms in total. The number of H-pyrrole nitrogens is 1. The van der Waals surface area contributed by atoms with E-state index >= 15 is 0 Å². The number of rotatable bonds is 4. The van der Waals surface area contributed by atoms with Crippen molar-refractivity contribution in [2.24, 2.45) is 7.05 Å². The quantitative estimate of drug-likeness (QED) is 0.748. The van der Waals surface area contributed by atoms with E-state index in [2.05, 4.69) is 15.2 Å². The van der Waals surface area contributed by atoms with Crippen molar-refractivity contribution in [3.8, 4) is 11.3 Å². The van der Waals surface area contributed by atoms with Crippen LogP contribution in [0.4, 0.5) is 4.39 Å². The van der Waals surface area contributed by atoms with Gasteiger partial charge in [0.15, 0.2) is 10.9 Å². The molecule has 0 bridgehead atoms. The van der Waals surface area contributed by atoms with E-state index in [-0.39, 0.29) is 11.5 Å². The van der Waals surface area contributed by atoms with Crippen LogP contribution in [0.15, 0.2) is 44.8 Å². The molecule has 8 heteroatoms. The number of aromatic nitrogens is 4. The number of halogens is 1. The standard InChI is InChI=1S/C13H11FN4O2S/c1-18-12(19)16-17-13(18)21-7-11-15-6-10(20-11)8-2-4-9(14)5-3-8/h2-6H,7H2,1H3,(H,16,19). The highest BCUT2D eigenvalue weighted by Crippen LogP contribution is 2.24. The first-order valence-corrected chi connectivity index (χ1v) is 7.07. The molecule has 0 amide bonds. The normalized spacial score (nSPS) is 11.0. The zero-order valence-corrected chi connectivity index (χ0v) is 11.9. The molecule has 108 valence electrons. The Morgan fingerprint density at radius 3 is 2.81 bits per heavy atom. The largest absolute Gasteiger partial charge is 0.440 e. The van der Waals surface area contributed by atoms with Gasteiger partial charge in [0, 0.05) is 12.6 Å². The van der Waals surface area contributed by atoms with Gasteiger partial charge in [0.05, 0.1) is 11.9 Å². The summed E-state index contributed by atoms with van der Waals surface area (Å²) < 4.78 is 19.9. The van der Waals surface area contributed by atoms with Gasteiger partial charge in [-0.2, -0.15) is 0 Å². The van der Waals surface area contributed by atoms with E-state index in [4.69, 9.17) is 4.42 Å². The Kier molecular flexibility index (Phi) is 3.61. The number of nitrogens with zero attached hydrogens (tertiary/aromatic N) is 3. The van der Waals surface area contributed by atoms with Crippen LogP contribution in [0, 0.1) is 5.82 Å². The molecule has 0 aliphatic carbocycles. The average Bonchev–Trinajstić information content (AvgIpc) is 3.07. The third kappa shape index (κ3) is 2.89. The Hall–Kier alpha value is -2.35. The Morgan fingerprint density at radius 1 is 1.38 bits per heavy atom. The lowest BCUT2D eigenvalue weighted by atomic mass is 10.2. The van der Waals surface area contributed by atoms with Gasteiger partial charge < -0.3 is 4.42 Å². The fraction of sp³-hybridized carbons (Fsp3) is 0.154. The second-order valence-electron chi connectivity index (χ2n) is 4.28. The van der Waals surface area contributed by atoms with Crippen LogP contribution < -0.4 is 5.69 Å². The number of nitrogens with one attached hydrogen (secondary N) is 1. The average molecular weight is 306 g/mol. The summed E-state index contributed by atoms with van der Waals surface area (Å²) in [6.07, 6.45) is 1.59. The number of hydrogen-bond acceptors (Lipinski definition) is 5. The van der Waals surface area contributed by atoms with Gasteiger partial charge in [0.2, 0.25) is 5.89 Å². The van der Waals surface area contributed by atoms with Gasteiger partial charge in [-0.15, -0.1) is 5.10 Å². The van der Waals surface area contributed by atoms with Crippen molar-refractivity contribution in [2.45, 2.75) is 10.9 Å². The van der Waals surface area contributed by atoms with Gasteiger partial charge in [0.1, 0.15) is 5.82 Å². The maximum absolute atomic E-state index is 12.9. The van der Waals surface area contributed by atoms with Crippen LogP contribution in [0.25, 0.3) is 11.3 Å². The first-order chi connectivity index (χ1) is 10.1. The van der Waals surface area contributed by atoms with Crippen molar-refractivity contribution in [1.82, 2.24) is 19.7 Å². The first kappa shape index (κ1) is 13.6. The third-order valence-corrected chi connectivity index (χ3v) is 3.86. The molecule has 0 unspecified atom stereocenters. The zero-order valence-electron chi connectivity index (χ0n) is 11.0. The molecule has 0 aliphatic heterocycles. The molecule has 1 aromatic carbocycles. The van der Waals surface area contributed by atoms with E-state index < -0.39 is 0 Å². The molecule has 3 rings (SSSR count). The van der Waals surface area contributed by atoms with Crippen LogP contribution in [-0.4, -0.2) is 19.7 Å². The highest BCUT2D eigenvalue weighted by atomic mass is 32.2. The summed E-state index contributed by atoms with van der Waals surface area (Å²) in [5.41, 5.74) is 0.490. The van der Waals surface area contributed by atoms with E-state index in [0.29, 0.717) is 22.6 Å². The van der Waals surface area contributed by atoms with Gasteiger partial charge in [-0.05, 0) is 24.3 Å². The number of aromatic amines is 1. The molecular formula is C13H11FN4O2S. The molecule has 0 radical (unpaired) electrons. The lowest BCUT2D eigenvalue weighted by Crippen LogP contribution is -2.12. The van der Waals surface area contributed by atoms with Crippen molar-refractivity contribution in [3.63, 3.8) is 0 Å². The summed E-state index contributed by atoms with van der Waals surface area (Å²) in [4.78, 5) is 15.4. The molecule has 0 aliphatic rings. The molecular weight excluding hydrogens is 295 g/mol. The van der Waals surface area contributed by atoms with E-state index in [0.717, 1.165) is 5.56 Å². The fourth-order valence-corrected chi connectivity index (χ4v) is 2.49. The van der Waals surface area contributed by atoms with Gasteiger partial charge in [-0.25, -0.2) is 19.3 Å². The van der Waals surface area contributed by atoms with Gasteiger partial charge in [-0.3, -0.25) is 4.57 Å². The van der Waals surface area contributed by atoms with Crippen LogP contribution in [0.3, 0.4) is 0 Å². The van der Waals surface area contributed by atoms with Crippen LogP contribution >= 0.6 is 11.8 Å². The molecule has 0 atom stereocenters. The Morgan fingerprint density at radius 2 is 2.14 bits per heavy atom. The molecule has 0 saturated heterocycles. The predicted octanol–water partition coefficient (Wildman–Crippen LogP) is 2.19. The van der Waals surface area contributed by atoms with E-state index in [1.165, 1.54) is 28.5 Å². The number of benzene rings is 1. The van der Waals surface area contributed by atoms with E-state index in [1.807, 2.05) is 0 Å².